The van der Waals surface area contributed by atoms with E-state index in [2.05, 4.69) is 10.3 Å². The van der Waals surface area contributed by atoms with E-state index in [-0.39, 0.29) is 28.7 Å². The molecule has 0 saturated carbocycles. The second kappa shape index (κ2) is 5.46. The first kappa shape index (κ1) is 16.4. The third kappa shape index (κ3) is 2.48. The number of aromatic nitrogens is 2. The third-order valence-corrected chi connectivity index (χ3v) is 5.39. The van der Waals surface area contributed by atoms with Crippen molar-refractivity contribution in [1.29, 1.82) is 0 Å². The number of H-pyrrole nitrogens is 1. The molecule has 9 heteroatoms. The van der Waals surface area contributed by atoms with Crippen molar-refractivity contribution in [3.05, 3.63) is 40.9 Å². The Morgan fingerprint density at radius 1 is 1.19 bits per heavy atom. The maximum atomic E-state index is 12.3. The molecule has 1 aromatic carbocycles. The molecule has 3 aromatic rings. The molecule has 0 bridgehead atoms. The summed E-state index contributed by atoms with van der Waals surface area (Å²) in [6.07, 6.45) is 4.36. The largest absolute Gasteiger partial charge is 0.481 e. The number of pyridine rings is 1. The lowest BCUT2D eigenvalue weighted by atomic mass is 10.0. The van der Waals surface area contributed by atoms with Crippen molar-refractivity contribution >= 4 is 32.3 Å². The Hall–Kier alpha value is -3.07. The molecule has 1 amide bonds. The molecule has 0 fully saturated rings. The molecule has 0 spiro atoms. The number of anilines is 1. The molecule has 0 saturated heterocycles. The van der Waals surface area contributed by atoms with E-state index in [4.69, 9.17) is 4.74 Å². The topological polar surface area (TPSA) is 110 Å². The highest BCUT2D eigenvalue weighted by Crippen LogP contribution is 2.42. The molecule has 0 unspecified atom stereocenters. The van der Waals surface area contributed by atoms with Crippen molar-refractivity contribution in [3.8, 4) is 16.9 Å². The second-order valence-electron chi connectivity index (χ2n) is 6.18. The average Bonchev–Trinajstić information content (AvgIpc) is 3.06. The minimum absolute atomic E-state index is 0.0505. The van der Waals surface area contributed by atoms with E-state index < -0.39 is 9.84 Å². The summed E-state index contributed by atoms with van der Waals surface area (Å²) in [4.78, 5) is 26.9. The van der Waals surface area contributed by atoms with Crippen molar-refractivity contribution in [1.82, 2.24) is 9.55 Å². The molecular formula is C17H15N3O5S. The van der Waals surface area contributed by atoms with Gasteiger partial charge in [0.15, 0.2) is 22.2 Å². The van der Waals surface area contributed by atoms with Crippen LogP contribution in [0.2, 0.25) is 0 Å². The summed E-state index contributed by atoms with van der Waals surface area (Å²) >= 11 is 0. The molecule has 2 N–H and O–H groups in total. The smallest absolute Gasteiger partial charge is 0.274 e. The minimum Gasteiger partial charge on any atom is -0.481 e. The van der Waals surface area contributed by atoms with Crippen LogP contribution in [0, 0.1) is 0 Å². The van der Waals surface area contributed by atoms with Gasteiger partial charge in [-0.05, 0) is 18.2 Å². The number of ether oxygens (including phenoxy) is 1. The van der Waals surface area contributed by atoms with E-state index in [0.29, 0.717) is 27.8 Å². The summed E-state index contributed by atoms with van der Waals surface area (Å²) in [5.74, 6) is 0.0134. The summed E-state index contributed by atoms with van der Waals surface area (Å²) in [5.41, 5.74) is 1.61. The van der Waals surface area contributed by atoms with Crippen molar-refractivity contribution in [2.24, 2.45) is 7.05 Å². The number of aromatic amines is 1. The van der Waals surface area contributed by atoms with Crippen LogP contribution in [0.1, 0.15) is 0 Å². The zero-order chi connectivity index (χ0) is 18.6. The van der Waals surface area contributed by atoms with E-state index in [0.717, 1.165) is 6.26 Å². The van der Waals surface area contributed by atoms with E-state index in [9.17, 15) is 18.0 Å². The SMILES string of the molecule is Cn1cc(-c2cc(S(C)(=O)=O)cc3c2OCC(=O)N3)c2cc[nH]c2c1=O. The molecule has 0 radical (unpaired) electrons. The van der Waals surface area contributed by atoms with Gasteiger partial charge in [0.25, 0.3) is 11.5 Å². The molecule has 8 nitrogen and oxygen atoms in total. The molecule has 134 valence electrons. The van der Waals surface area contributed by atoms with Crippen LogP contribution in [0.3, 0.4) is 0 Å². The van der Waals surface area contributed by atoms with Gasteiger partial charge in [-0.2, -0.15) is 0 Å². The highest BCUT2D eigenvalue weighted by Gasteiger charge is 2.25. The monoisotopic (exact) mass is 373 g/mol. The molecule has 26 heavy (non-hydrogen) atoms. The number of fused-ring (bicyclic) bond motifs is 2. The maximum absolute atomic E-state index is 12.3. The fourth-order valence-electron chi connectivity index (χ4n) is 3.07. The molecule has 0 aliphatic carbocycles. The number of nitrogens with zero attached hydrogens (tertiary/aromatic N) is 1. The van der Waals surface area contributed by atoms with Gasteiger partial charge in [0.05, 0.1) is 10.6 Å². The van der Waals surface area contributed by atoms with E-state index in [1.807, 2.05) is 0 Å². The number of aryl methyl sites for hydroxylation is 1. The summed E-state index contributed by atoms with van der Waals surface area (Å²) < 4.78 is 31.2. The van der Waals surface area contributed by atoms with Crippen molar-refractivity contribution in [3.63, 3.8) is 0 Å². The summed E-state index contributed by atoms with van der Waals surface area (Å²) in [7, 11) is -1.91. The summed E-state index contributed by atoms with van der Waals surface area (Å²) in [6.45, 7) is -0.166. The Labute approximate surface area is 148 Å². The van der Waals surface area contributed by atoms with Crippen LogP contribution in [0.25, 0.3) is 22.0 Å². The Balaban J connectivity index is 2.11. The second-order valence-corrected chi connectivity index (χ2v) is 8.20. The van der Waals surface area contributed by atoms with E-state index in [1.54, 1.807) is 25.5 Å². The van der Waals surface area contributed by atoms with Gasteiger partial charge in [0, 0.05) is 42.2 Å². The van der Waals surface area contributed by atoms with Gasteiger partial charge in [-0.1, -0.05) is 0 Å². The third-order valence-electron chi connectivity index (χ3n) is 4.30. The van der Waals surface area contributed by atoms with Gasteiger partial charge < -0.3 is 19.6 Å². The fourth-order valence-corrected chi connectivity index (χ4v) is 3.74. The van der Waals surface area contributed by atoms with Crippen LogP contribution < -0.4 is 15.6 Å². The number of benzene rings is 1. The first-order valence-corrected chi connectivity index (χ1v) is 9.62. The highest BCUT2D eigenvalue weighted by molar-refractivity contribution is 7.90. The van der Waals surface area contributed by atoms with Crippen LogP contribution in [-0.2, 0) is 21.7 Å². The van der Waals surface area contributed by atoms with Crippen molar-refractivity contribution < 1.29 is 17.9 Å². The Kier molecular flexibility index (Phi) is 3.45. The fraction of sp³-hybridized carbons (Fsp3) is 0.176. The zero-order valence-corrected chi connectivity index (χ0v) is 14.8. The number of sulfone groups is 1. The maximum Gasteiger partial charge on any atom is 0.274 e. The number of amides is 1. The van der Waals surface area contributed by atoms with Gasteiger partial charge >= 0.3 is 0 Å². The first-order chi connectivity index (χ1) is 12.3. The first-order valence-electron chi connectivity index (χ1n) is 7.73. The van der Waals surface area contributed by atoms with Gasteiger partial charge in [-0.25, -0.2) is 8.42 Å². The Bertz CT molecular complexity index is 1240. The summed E-state index contributed by atoms with van der Waals surface area (Å²) in [5, 5.41) is 3.29. The van der Waals surface area contributed by atoms with Crippen LogP contribution in [0.15, 0.2) is 40.3 Å². The zero-order valence-electron chi connectivity index (χ0n) is 14.0. The molecule has 1 aliphatic rings. The lowest BCUT2D eigenvalue weighted by molar-refractivity contribution is -0.118. The number of hydrogen-bond acceptors (Lipinski definition) is 5. The predicted molar refractivity (Wildman–Crippen MR) is 96.2 cm³/mol. The number of carbonyl (C=O) groups excluding carboxylic acids is 1. The molecule has 1 aliphatic heterocycles. The van der Waals surface area contributed by atoms with Gasteiger partial charge in [-0.15, -0.1) is 0 Å². The Morgan fingerprint density at radius 3 is 2.69 bits per heavy atom. The predicted octanol–water partition coefficient (Wildman–Crippen LogP) is 1.27. The van der Waals surface area contributed by atoms with E-state index >= 15 is 0 Å². The number of nitrogens with one attached hydrogen (secondary N) is 2. The minimum atomic E-state index is -3.53. The summed E-state index contributed by atoms with van der Waals surface area (Å²) in [6, 6.07) is 4.62. The lowest BCUT2D eigenvalue weighted by Crippen LogP contribution is -2.26. The van der Waals surface area contributed by atoms with Gasteiger partial charge in [0.2, 0.25) is 0 Å². The van der Waals surface area contributed by atoms with Gasteiger partial charge in [0.1, 0.15) is 5.52 Å². The van der Waals surface area contributed by atoms with E-state index in [1.165, 1.54) is 16.7 Å². The van der Waals surface area contributed by atoms with Crippen molar-refractivity contribution in [2.75, 3.05) is 18.2 Å². The van der Waals surface area contributed by atoms with Gasteiger partial charge in [-0.3, -0.25) is 9.59 Å². The molecule has 0 atom stereocenters. The number of hydrogen-bond donors (Lipinski definition) is 2. The molecule has 2 aromatic heterocycles. The quantitative estimate of drug-likeness (QED) is 0.703. The number of rotatable bonds is 2. The Morgan fingerprint density at radius 2 is 1.96 bits per heavy atom. The molecule has 3 heterocycles. The van der Waals surface area contributed by atoms with Crippen LogP contribution >= 0.6 is 0 Å². The standard InChI is InChI=1S/C17H15N3O5S/c1-20-7-12(10-3-4-18-15(10)17(20)22)11-5-9(26(2,23)24)6-13-16(11)25-8-14(21)19-13/h3-7,18H,8H2,1-2H3,(H,19,21). The molecule has 4 rings (SSSR count). The normalized spacial score (nSPS) is 14.0. The number of carbonyl (C=O) groups is 1. The highest BCUT2D eigenvalue weighted by atomic mass is 32.2. The average molecular weight is 373 g/mol. The van der Waals surface area contributed by atoms with Crippen LogP contribution in [-0.4, -0.2) is 36.7 Å². The van der Waals surface area contributed by atoms with Crippen LogP contribution in [0.5, 0.6) is 5.75 Å². The van der Waals surface area contributed by atoms with Crippen molar-refractivity contribution in [2.45, 2.75) is 4.90 Å². The van der Waals surface area contributed by atoms with Crippen LogP contribution in [0.4, 0.5) is 5.69 Å². The lowest BCUT2D eigenvalue weighted by Gasteiger charge is -2.22. The molecular weight excluding hydrogens is 358 g/mol.